The molecule has 28 heavy (non-hydrogen) atoms. The third kappa shape index (κ3) is 3.54. The van der Waals surface area contributed by atoms with Crippen molar-refractivity contribution in [2.24, 2.45) is 0 Å². The summed E-state index contributed by atoms with van der Waals surface area (Å²) in [5.74, 6) is -0.0477. The lowest BCUT2D eigenvalue weighted by atomic mass is 10.1. The Bertz CT molecular complexity index is 1100. The Kier molecular flexibility index (Phi) is 4.94. The molecule has 0 aliphatic heterocycles. The predicted octanol–water partition coefficient (Wildman–Crippen LogP) is 4.89. The molecule has 1 N–H and O–H groups in total. The number of carbonyl (C=O) groups is 1. The first-order valence-electron chi connectivity index (χ1n) is 9.49. The molecule has 0 aliphatic carbocycles. The predicted molar refractivity (Wildman–Crippen MR) is 113 cm³/mol. The number of amides is 1. The molecule has 1 amide bonds. The molecule has 0 radical (unpaired) electrons. The standard InChI is InChI=1S/C24H23N3O/c1-17-12-14-19(15-13-17)16-25-24(28)18(2)27-22-11-7-6-10-21(22)23(26-27)20-8-4-3-5-9-20/h3-15,18H,16H2,1-2H3,(H,25,28). The SMILES string of the molecule is Cc1ccc(CNC(=O)C(C)n2nc(-c3ccccc3)c3ccccc32)cc1. The van der Waals surface area contributed by atoms with Crippen LogP contribution in [0.1, 0.15) is 24.1 Å². The molecule has 0 fully saturated rings. The zero-order chi connectivity index (χ0) is 19.5. The van der Waals surface area contributed by atoms with Crippen LogP contribution in [0.25, 0.3) is 22.2 Å². The summed E-state index contributed by atoms with van der Waals surface area (Å²) >= 11 is 0. The maximum Gasteiger partial charge on any atom is 0.244 e. The first kappa shape index (κ1) is 18.0. The second-order valence-corrected chi connectivity index (χ2v) is 7.06. The van der Waals surface area contributed by atoms with E-state index in [2.05, 4.69) is 30.4 Å². The number of fused-ring (bicyclic) bond motifs is 1. The van der Waals surface area contributed by atoms with Gasteiger partial charge >= 0.3 is 0 Å². The third-order valence-electron chi connectivity index (χ3n) is 4.99. The van der Waals surface area contributed by atoms with Crippen molar-refractivity contribution in [2.45, 2.75) is 26.4 Å². The summed E-state index contributed by atoms with van der Waals surface area (Å²) in [6.45, 7) is 4.45. The average molecular weight is 369 g/mol. The van der Waals surface area contributed by atoms with Gasteiger partial charge in [-0.15, -0.1) is 0 Å². The van der Waals surface area contributed by atoms with Gasteiger partial charge in [0.25, 0.3) is 0 Å². The van der Waals surface area contributed by atoms with Gasteiger partial charge in [-0.2, -0.15) is 5.10 Å². The minimum absolute atomic E-state index is 0.0477. The maximum atomic E-state index is 12.8. The van der Waals surface area contributed by atoms with Gasteiger partial charge in [0.15, 0.2) is 0 Å². The highest BCUT2D eigenvalue weighted by Crippen LogP contribution is 2.29. The molecule has 4 heteroatoms. The van der Waals surface area contributed by atoms with Gasteiger partial charge in [-0.1, -0.05) is 78.4 Å². The molecule has 0 bridgehead atoms. The van der Waals surface area contributed by atoms with Crippen LogP contribution in [0.3, 0.4) is 0 Å². The Hall–Kier alpha value is -3.40. The van der Waals surface area contributed by atoms with Crippen LogP contribution in [0, 0.1) is 6.92 Å². The van der Waals surface area contributed by atoms with Crippen molar-refractivity contribution < 1.29 is 4.79 Å². The molecule has 140 valence electrons. The molecule has 0 spiro atoms. The van der Waals surface area contributed by atoms with Gasteiger partial charge in [-0.3, -0.25) is 9.48 Å². The summed E-state index contributed by atoms with van der Waals surface area (Å²) in [5.41, 5.74) is 5.19. The minimum Gasteiger partial charge on any atom is -0.350 e. The van der Waals surface area contributed by atoms with E-state index in [9.17, 15) is 4.79 Å². The lowest BCUT2D eigenvalue weighted by molar-refractivity contribution is -0.124. The normalized spacial score (nSPS) is 12.1. The van der Waals surface area contributed by atoms with Crippen molar-refractivity contribution in [3.05, 3.63) is 90.0 Å². The molecular weight excluding hydrogens is 346 g/mol. The van der Waals surface area contributed by atoms with Crippen molar-refractivity contribution in [1.29, 1.82) is 0 Å². The number of benzene rings is 3. The number of hydrogen-bond donors (Lipinski definition) is 1. The third-order valence-corrected chi connectivity index (χ3v) is 4.99. The number of nitrogens with one attached hydrogen (secondary N) is 1. The summed E-state index contributed by atoms with van der Waals surface area (Å²) < 4.78 is 1.82. The van der Waals surface area contributed by atoms with Crippen molar-refractivity contribution in [1.82, 2.24) is 15.1 Å². The first-order valence-corrected chi connectivity index (χ1v) is 9.49. The van der Waals surface area contributed by atoms with Crippen LogP contribution >= 0.6 is 0 Å². The molecule has 0 aliphatic rings. The fourth-order valence-electron chi connectivity index (χ4n) is 3.35. The number of nitrogens with zero attached hydrogens (tertiary/aromatic N) is 2. The summed E-state index contributed by atoms with van der Waals surface area (Å²) in [7, 11) is 0. The summed E-state index contributed by atoms with van der Waals surface area (Å²) in [6.07, 6.45) is 0. The topological polar surface area (TPSA) is 46.9 Å². The Balaban J connectivity index is 1.61. The van der Waals surface area contributed by atoms with Gasteiger partial charge in [-0.05, 0) is 25.5 Å². The quantitative estimate of drug-likeness (QED) is 0.544. The number of carbonyl (C=O) groups excluding carboxylic acids is 1. The molecule has 4 aromatic rings. The molecular formula is C24H23N3O. The Labute approximate surface area is 164 Å². The van der Waals surface area contributed by atoms with Crippen LogP contribution < -0.4 is 5.32 Å². The van der Waals surface area contributed by atoms with Crippen LogP contribution in [0.15, 0.2) is 78.9 Å². The van der Waals surface area contributed by atoms with Crippen molar-refractivity contribution in [2.75, 3.05) is 0 Å². The number of hydrogen-bond acceptors (Lipinski definition) is 2. The van der Waals surface area contributed by atoms with E-state index < -0.39 is 6.04 Å². The molecule has 1 atom stereocenters. The van der Waals surface area contributed by atoms with Crippen LogP contribution in [-0.4, -0.2) is 15.7 Å². The molecule has 0 saturated carbocycles. The maximum absolute atomic E-state index is 12.8. The van der Waals surface area contributed by atoms with E-state index in [1.807, 2.05) is 72.3 Å². The van der Waals surface area contributed by atoms with Gasteiger partial charge in [0, 0.05) is 17.5 Å². The minimum atomic E-state index is -0.409. The number of aryl methyl sites for hydroxylation is 1. The van der Waals surface area contributed by atoms with Gasteiger partial charge in [-0.25, -0.2) is 0 Å². The summed E-state index contributed by atoms with van der Waals surface area (Å²) in [4.78, 5) is 12.8. The average Bonchev–Trinajstić information content (AvgIpc) is 3.13. The van der Waals surface area contributed by atoms with Crippen LogP contribution in [0.4, 0.5) is 0 Å². The highest BCUT2D eigenvalue weighted by atomic mass is 16.2. The smallest absolute Gasteiger partial charge is 0.244 e. The van der Waals surface area contributed by atoms with Crippen LogP contribution in [-0.2, 0) is 11.3 Å². The monoisotopic (exact) mass is 369 g/mol. The van der Waals surface area contributed by atoms with Crippen LogP contribution in [0.2, 0.25) is 0 Å². The van der Waals surface area contributed by atoms with Gasteiger partial charge in [0.2, 0.25) is 5.91 Å². The van der Waals surface area contributed by atoms with Gasteiger partial charge in [0.05, 0.1) is 5.52 Å². The number of aromatic nitrogens is 2. The molecule has 1 heterocycles. The van der Waals surface area contributed by atoms with E-state index >= 15 is 0 Å². The largest absolute Gasteiger partial charge is 0.350 e. The van der Waals surface area contributed by atoms with E-state index in [0.717, 1.165) is 27.7 Å². The molecule has 3 aromatic carbocycles. The van der Waals surface area contributed by atoms with E-state index in [1.165, 1.54) is 5.56 Å². The van der Waals surface area contributed by atoms with Gasteiger partial charge in [0.1, 0.15) is 11.7 Å². The van der Waals surface area contributed by atoms with Crippen molar-refractivity contribution in [3.8, 4) is 11.3 Å². The molecule has 4 nitrogen and oxygen atoms in total. The molecule has 4 rings (SSSR count). The second kappa shape index (κ2) is 7.69. The Morgan fingerprint density at radius 1 is 0.964 bits per heavy atom. The van der Waals surface area contributed by atoms with E-state index in [-0.39, 0.29) is 5.91 Å². The summed E-state index contributed by atoms with van der Waals surface area (Å²) in [5, 5.41) is 8.88. The Morgan fingerprint density at radius 2 is 1.64 bits per heavy atom. The zero-order valence-corrected chi connectivity index (χ0v) is 16.1. The van der Waals surface area contributed by atoms with Gasteiger partial charge < -0.3 is 5.32 Å². The number of rotatable bonds is 5. The van der Waals surface area contributed by atoms with Crippen molar-refractivity contribution in [3.63, 3.8) is 0 Å². The molecule has 1 aromatic heterocycles. The first-order chi connectivity index (χ1) is 13.6. The fraction of sp³-hybridized carbons (Fsp3) is 0.167. The number of para-hydroxylation sites is 1. The molecule has 1 unspecified atom stereocenters. The zero-order valence-electron chi connectivity index (χ0n) is 16.1. The van der Waals surface area contributed by atoms with Crippen LogP contribution in [0.5, 0.6) is 0 Å². The lowest BCUT2D eigenvalue weighted by Crippen LogP contribution is -2.31. The van der Waals surface area contributed by atoms with E-state index in [4.69, 9.17) is 5.10 Å². The van der Waals surface area contributed by atoms with E-state index in [1.54, 1.807) is 0 Å². The fourth-order valence-corrected chi connectivity index (χ4v) is 3.35. The second-order valence-electron chi connectivity index (χ2n) is 7.06. The summed E-state index contributed by atoms with van der Waals surface area (Å²) in [6, 6.07) is 25.9. The Morgan fingerprint density at radius 3 is 2.39 bits per heavy atom. The lowest BCUT2D eigenvalue weighted by Gasteiger charge is -2.14. The highest BCUT2D eigenvalue weighted by Gasteiger charge is 2.20. The van der Waals surface area contributed by atoms with E-state index in [0.29, 0.717) is 6.54 Å². The highest BCUT2D eigenvalue weighted by molar-refractivity contribution is 5.94. The molecule has 0 saturated heterocycles. The van der Waals surface area contributed by atoms with Crippen molar-refractivity contribution >= 4 is 16.8 Å².